The van der Waals surface area contributed by atoms with Crippen molar-refractivity contribution in [2.45, 2.75) is 64.5 Å². The van der Waals surface area contributed by atoms with E-state index < -0.39 is 0 Å². The van der Waals surface area contributed by atoms with Crippen LogP contribution in [0.25, 0.3) is 22.2 Å². The highest BCUT2D eigenvalue weighted by Gasteiger charge is 2.22. The molecule has 2 heterocycles. The van der Waals surface area contributed by atoms with Gasteiger partial charge in [0.25, 0.3) is 0 Å². The zero-order valence-electron chi connectivity index (χ0n) is 19.1. The van der Waals surface area contributed by atoms with E-state index in [4.69, 9.17) is 4.74 Å². The highest BCUT2D eigenvalue weighted by molar-refractivity contribution is 6.02. The van der Waals surface area contributed by atoms with Crippen molar-refractivity contribution in [3.8, 4) is 11.3 Å². The molecule has 1 saturated carbocycles. The fourth-order valence-electron chi connectivity index (χ4n) is 4.70. The Morgan fingerprint density at radius 1 is 1.19 bits per heavy atom. The number of H-pyrrole nitrogens is 1. The molecule has 6 heteroatoms. The average molecular weight is 435 g/mol. The number of aromatic amines is 1. The summed E-state index contributed by atoms with van der Waals surface area (Å²) in [5.74, 6) is 0.833. The lowest BCUT2D eigenvalue weighted by molar-refractivity contribution is 0.185. The first-order valence-corrected chi connectivity index (χ1v) is 11.8. The van der Waals surface area contributed by atoms with Crippen molar-refractivity contribution in [2.75, 3.05) is 12.4 Å². The standard InChI is InChI=1S/C26H34N4O2/c1-3-4-5-18-6-9-21(10-7-18)29-26(31)30-25-16-28-23-11-8-20(15-22(23)25)24-14-19(17-32-2)12-13-27-24/h8,11-16,18,21,28H,3-7,9-10,17H2,1-2H3,(H2,29,30,31). The molecule has 0 spiro atoms. The molecular formula is C26H34N4O2. The number of nitrogens with one attached hydrogen (secondary N) is 3. The number of methoxy groups -OCH3 is 1. The monoisotopic (exact) mass is 434 g/mol. The molecular weight excluding hydrogens is 400 g/mol. The molecule has 0 unspecified atom stereocenters. The maximum atomic E-state index is 12.7. The number of unbranched alkanes of at least 4 members (excludes halogenated alkanes) is 1. The van der Waals surface area contributed by atoms with E-state index in [1.54, 1.807) is 13.3 Å². The topological polar surface area (TPSA) is 79.0 Å². The zero-order chi connectivity index (χ0) is 22.3. The van der Waals surface area contributed by atoms with E-state index >= 15 is 0 Å². The smallest absolute Gasteiger partial charge is 0.319 e. The van der Waals surface area contributed by atoms with Crippen molar-refractivity contribution < 1.29 is 9.53 Å². The van der Waals surface area contributed by atoms with Gasteiger partial charge in [-0.2, -0.15) is 0 Å². The van der Waals surface area contributed by atoms with Crippen LogP contribution in [0.4, 0.5) is 10.5 Å². The van der Waals surface area contributed by atoms with Gasteiger partial charge in [0.05, 0.1) is 18.0 Å². The molecule has 32 heavy (non-hydrogen) atoms. The summed E-state index contributed by atoms with van der Waals surface area (Å²) in [7, 11) is 1.69. The highest BCUT2D eigenvalue weighted by atomic mass is 16.5. The predicted molar refractivity (Wildman–Crippen MR) is 130 cm³/mol. The maximum Gasteiger partial charge on any atom is 0.319 e. The normalized spacial score (nSPS) is 18.6. The van der Waals surface area contributed by atoms with Gasteiger partial charge in [-0.05, 0) is 61.4 Å². The van der Waals surface area contributed by atoms with Gasteiger partial charge in [0.1, 0.15) is 0 Å². The third kappa shape index (κ3) is 5.49. The van der Waals surface area contributed by atoms with E-state index in [2.05, 4.69) is 33.6 Å². The third-order valence-corrected chi connectivity index (χ3v) is 6.51. The summed E-state index contributed by atoms with van der Waals surface area (Å²) in [6.45, 7) is 2.80. The fourth-order valence-corrected chi connectivity index (χ4v) is 4.70. The summed E-state index contributed by atoms with van der Waals surface area (Å²) in [6.07, 6.45) is 12.1. The van der Waals surface area contributed by atoms with Crippen LogP contribution in [0.2, 0.25) is 0 Å². The summed E-state index contributed by atoms with van der Waals surface area (Å²) < 4.78 is 5.24. The van der Waals surface area contributed by atoms with Crippen LogP contribution < -0.4 is 10.6 Å². The molecule has 0 aliphatic heterocycles. The summed E-state index contributed by atoms with van der Waals surface area (Å²) >= 11 is 0. The van der Waals surface area contributed by atoms with Gasteiger partial charge in [0.2, 0.25) is 0 Å². The molecule has 2 aromatic heterocycles. The van der Waals surface area contributed by atoms with Crippen molar-refractivity contribution in [3.63, 3.8) is 0 Å². The molecule has 0 radical (unpaired) electrons. The number of rotatable bonds is 8. The summed E-state index contributed by atoms with van der Waals surface area (Å²) in [5, 5.41) is 7.19. The van der Waals surface area contributed by atoms with E-state index in [0.29, 0.717) is 6.61 Å². The van der Waals surface area contributed by atoms with Crippen LogP contribution in [0.15, 0.2) is 42.7 Å². The SMILES string of the molecule is CCCCC1CCC(NC(=O)Nc2c[nH]c3ccc(-c4cc(COC)ccn4)cc23)CC1. The van der Waals surface area contributed by atoms with E-state index in [0.717, 1.165) is 52.2 Å². The number of pyridine rings is 1. The number of hydrogen-bond acceptors (Lipinski definition) is 3. The van der Waals surface area contributed by atoms with Gasteiger partial charge in [0, 0.05) is 42.0 Å². The highest BCUT2D eigenvalue weighted by Crippen LogP contribution is 2.30. The molecule has 1 aromatic carbocycles. The number of amides is 2. The summed E-state index contributed by atoms with van der Waals surface area (Å²) in [4.78, 5) is 20.4. The molecule has 1 fully saturated rings. The van der Waals surface area contributed by atoms with Crippen LogP contribution in [-0.2, 0) is 11.3 Å². The van der Waals surface area contributed by atoms with Crippen molar-refractivity contribution in [2.24, 2.45) is 5.92 Å². The molecule has 0 bridgehead atoms. The second kappa shape index (κ2) is 10.6. The van der Waals surface area contributed by atoms with Crippen molar-refractivity contribution in [1.29, 1.82) is 0 Å². The van der Waals surface area contributed by atoms with Crippen LogP contribution >= 0.6 is 0 Å². The first kappa shape index (κ1) is 22.3. The van der Waals surface area contributed by atoms with Crippen molar-refractivity contribution >= 4 is 22.6 Å². The van der Waals surface area contributed by atoms with Gasteiger partial charge in [-0.3, -0.25) is 4.98 Å². The number of benzene rings is 1. The Morgan fingerprint density at radius 2 is 2.03 bits per heavy atom. The van der Waals surface area contributed by atoms with Crippen LogP contribution in [-0.4, -0.2) is 29.2 Å². The number of urea groups is 1. The Morgan fingerprint density at radius 3 is 2.81 bits per heavy atom. The van der Waals surface area contributed by atoms with Crippen LogP contribution in [0, 0.1) is 5.92 Å². The zero-order valence-corrected chi connectivity index (χ0v) is 19.1. The average Bonchev–Trinajstić information content (AvgIpc) is 3.21. The number of ether oxygens (including phenoxy) is 1. The molecule has 2 amide bonds. The van der Waals surface area contributed by atoms with Crippen molar-refractivity contribution in [3.05, 3.63) is 48.3 Å². The summed E-state index contributed by atoms with van der Waals surface area (Å²) in [6, 6.07) is 10.3. The summed E-state index contributed by atoms with van der Waals surface area (Å²) in [5.41, 5.74) is 4.73. The molecule has 3 aromatic rings. The molecule has 170 valence electrons. The van der Waals surface area contributed by atoms with Crippen LogP contribution in [0.1, 0.15) is 57.4 Å². The number of nitrogens with zero attached hydrogens (tertiary/aromatic N) is 1. The quantitative estimate of drug-likeness (QED) is 0.392. The Hall–Kier alpha value is -2.86. The Balaban J connectivity index is 1.41. The molecule has 0 saturated heterocycles. The van der Waals surface area contributed by atoms with E-state index in [1.165, 1.54) is 32.1 Å². The Bertz CT molecular complexity index is 1040. The fraction of sp³-hybridized carbons (Fsp3) is 0.462. The number of carbonyl (C=O) groups is 1. The number of anilines is 1. The second-order valence-corrected chi connectivity index (χ2v) is 8.90. The number of fused-ring (bicyclic) bond motifs is 1. The molecule has 3 N–H and O–H groups in total. The van der Waals surface area contributed by atoms with Gasteiger partial charge in [-0.25, -0.2) is 4.79 Å². The van der Waals surface area contributed by atoms with Gasteiger partial charge in [0.15, 0.2) is 0 Å². The molecule has 4 rings (SSSR count). The molecule has 1 aliphatic rings. The minimum absolute atomic E-state index is 0.131. The first-order valence-electron chi connectivity index (χ1n) is 11.8. The second-order valence-electron chi connectivity index (χ2n) is 8.90. The Labute approximate surface area is 190 Å². The Kier molecular flexibility index (Phi) is 7.43. The number of hydrogen-bond donors (Lipinski definition) is 3. The van der Waals surface area contributed by atoms with E-state index in [9.17, 15) is 4.79 Å². The number of aromatic nitrogens is 2. The minimum Gasteiger partial charge on any atom is -0.380 e. The first-order chi connectivity index (χ1) is 15.7. The van der Waals surface area contributed by atoms with Crippen LogP contribution in [0.3, 0.4) is 0 Å². The molecule has 1 aliphatic carbocycles. The van der Waals surface area contributed by atoms with Gasteiger partial charge < -0.3 is 20.4 Å². The lowest BCUT2D eigenvalue weighted by Crippen LogP contribution is -2.40. The number of carbonyl (C=O) groups excluding carboxylic acids is 1. The van der Waals surface area contributed by atoms with Gasteiger partial charge in [-0.15, -0.1) is 0 Å². The minimum atomic E-state index is -0.131. The van der Waals surface area contributed by atoms with E-state index in [-0.39, 0.29) is 12.1 Å². The van der Waals surface area contributed by atoms with Gasteiger partial charge in [-0.1, -0.05) is 32.3 Å². The predicted octanol–water partition coefficient (Wildman–Crippen LogP) is 6.25. The van der Waals surface area contributed by atoms with Crippen molar-refractivity contribution in [1.82, 2.24) is 15.3 Å². The van der Waals surface area contributed by atoms with Gasteiger partial charge >= 0.3 is 6.03 Å². The lowest BCUT2D eigenvalue weighted by atomic mass is 9.83. The maximum absolute atomic E-state index is 12.7. The molecule has 6 nitrogen and oxygen atoms in total. The molecule has 0 atom stereocenters. The lowest BCUT2D eigenvalue weighted by Gasteiger charge is -2.29. The largest absolute Gasteiger partial charge is 0.380 e. The van der Waals surface area contributed by atoms with E-state index in [1.807, 2.05) is 30.5 Å². The third-order valence-electron chi connectivity index (χ3n) is 6.51. The van der Waals surface area contributed by atoms with Crippen LogP contribution in [0.5, 0.6) is 0 Å².